The summed E-state index contributed by atoms with van der Waals surface area (Å²) in [6.07, 6.45) is 7.24. The van der Waals surface area contributed by atoms with Crippen LogP contribution in [0.4, 0.5) is 5.82 Å². The number of anilines is 1. The molecule has 0 bridgehead atoms. The first-order valence-electron chi connectivity index (χ1n) is 9.82. The third-order valence-corrected chi connectivity index (χ3v) is 5.05. The molecule has 0 saturated heterocycles. The van der Waals surface area contributed by atoms with Crippen molar-refractivity contribution in [3.8, 4) is 17.1 Å². The summed E-state index contributed by atoms with van der Waals surface area (Å²) in [6, 6.07) is 22.1. The number of benzene rings is 2. The van der Waals surface area contributed by atoms with Gasteiger partial charge in [-0.25, -0.2) is 14.6 Å². The molecule has 30 heavy (non-hydrogen) atoms. The first-order chi connectivity index (χ1) is 14.8. The van der Waals surface area contributed by atoms with E-state index >= 15 is 0 Å². The van der Waals surface area contributed by atoms with Gasteiger partial charge in [-0.3, -0.25) is 4.98 Å². The van der Waals surface area contributed by atoms with Crippen molar-refractivity contribution in [2.24, 2.45) is 0 Å². The predicted octanol–water partition coefficient (Wildman–Crippen LogP) is 5.05. The zero-order valence-corrected chi connectivity index (χ0v) is 16.5. The Bertz CT molecular complexity index is 1280. The zero-order valence-electron chi connectivity index (χ0n) is 16.5. The highest BCUT2D eigenvalue weighted by Gasteiger charge is 2.15. The van der Waals surface area contributed by atoms with Crippen LogP contribution in [0, 0.1) is 0 Å². The molecule has 5 rings (SSSR count). The lowest BCUT2D eigenvalue weighted by atomic mass is 10.1. The van der Waals surface area contributed by atoms with Gasteiger partial charge >= 0.3 is 0 Å². The minimum atomic E-state index is 0.00833. The standard InChI is InChI=1S/C24H20N6/c1-17(19-7-3-5-10-22(19)30-16-6-13-26-30)27-24-20-8-2-4-9-21(20)28-23(29-24)18-11-14-25-15-12-18/h2-17H,1H3,(H,27,28,29). The van der Waals surface area contributed by atoms with Gasteiger partial charge in [0.2, 0.25) is 0 Å². The van der Waals surface area contributed by atoms with Gasteiger partial charge in [-0.1, -0.05) is 30.3 Å². The van der Waals surface area contributed by atoms with Crippen molar-refractivity contribution in [2.45, 2.75) is 13.0 Å². The number of nitrogens with one attached hydrogen (secondary N) is 1. The van der Waals surface area contributed by atoms with Crippen molar-refractivity contribution in [1.29, 1.82) is 0 Å². The van der Waals surface area contributed by atoms with E-state index in [4.69, 9.17) is 9.97 Å². The molecule has 3 heterocycles. The van der Waals surface area contributed by atoms with Crippen molar-refractivity contribution in [3.63, 3.8) is 0 Å². The van der Waals surface area contributed by atoms with Crippen LogP contribution in [0.2, 0.25) is 0 Å². The molecule has 0 fully saturated rings. The number of fused-ring (bicyclic) bond motifs is 1. The lowest BCUT2D eigenvalue weighted by Gasteiger charge is -2.20. The van der Waals surface area contributed by atoms with Gasteiger partial charge in [0.1, 0.15) is 5.82 Å². The molecule has 0 aliphatic carbocycles. The highest BCUT2D eigenvalue weighted by atomic mass is 15.3. The smallest absolute Gasteiger partial charge is 0.162 e. The third kappa shape index (κ3) is 3.39. The molecule has 1 atom stereocenters. The molecule has 1 unspecified atom stereocenters. The Balaban J connectivity index is 1.58. The van der Waals surface area contributed by atoms with Crippen molar-refractivity contribution in [3.05, 3.63) is 97.1 Å². The van der Waals surface area contributed by atoms with Crippen LogP contribution in [-0.4, -0.2) is 24.7 Å². The minimum absolute atomic E-state index is 0.00833. The summed E-state index contributed by atoms with van der Waals surface area (Å²) in [6.45, 7) is 2.13. The largest absolute Gasteiger partial charge is 0.363 e. The van der Waals surface area contributed by atoms with Gasteiger partial charge in [0.25, 0.3) is 0 Å². The number of rotatable bonds is 5. The Labute approximate surface area is 174 Å². The maximum absolute atomic E-state index is 4.86. The van der Waals surface area contributed by atoms with Crippen molar-refractivity contribution >= 4 is 16.7 Å². The fourth-order valence-corrected chi connectivity index (χ4v) is 3.57. The molecule has 6 heteroatoms. The van der Waals surface area contributed by atoms with Gasteiger partial charge in [-0.05, 0) is 48.9 Å². The molecule has 0 aliphatic heterocycles. The first-order valence-corrected chi connectivity index (χ1v) is 9.82. The quantitative estimate of drug-likeness (QED) is 0.453. The monoisotopic (exact) mass is 392 g/mol. The number of hydrogen-bond donors (Lipinski definition) is 1. The number of para-hydroxylation sites is 2. The van der Waals surface area contributed by atoms with E-state index in [0.717, 1.165) is 33.5 Å². The molecule has 3 aromatic heterocycles. The fraction of sp³-hybridized carbons (Fsp3) is 0.0833. The summed E-state index contributed by atoms with van der Waals surface area (Å²) < 4.78 is 1.88. The summed E-state index contributed by atoms with van der Waals surface area (Å²) in [4.78, 5) is 13.7. The van der Waals surface area contributed by atoms with Crippen molar-refractivity contribution in [1.82, 2.24) is 24.7 Å². The predicted molar refractivity (Wildman–Crippen MR) is 118 cm³/mol. The third-order valence-electron chi connectivity index (χ3n) is 5.05. The first kappa shape index (κ1) is 18.0. The van der Waals surface area contributed by atoms with Crippen molar-refractivity contribution < 1.29 is 0 Å². The van der Waals surface area contributed by atoms with Crippen LogP contribution in [0.15, 0.2) is 91.5 Å². The molecule has 0 aliphatic rings. The number of pyridine rings is 1. The van der Waals surface area contributed by atoms with E-state index in [1.807, 2.05) is 65.5 Å². The van der Waals surface area contributed by atoms with Crippen LogP contribution in [0.3, 0.4) is 0 Å². The van der Waals surface area contributed by atoms with E-state index in [-0.39, 0.29) is 6.04 Å². The lowest BCUT2D eigenvalue weighted by molar-refractivity contribution is 0.815. The molecule has 5 aromatic rings. The van der Waals surface area contributed by atoms with Gasteiger partial charge in [-0.2, -0.15) is 5.10 Å². The van der Waals surface area contributed by atoms with Crippen molar-refractivity contribution in [2.75, 3.05) is 5.32 Å². The average Bonchev–Trinajstić information content (AvgIpc) is 3.34. The second-order valence-electron chi connectivity index (χ2n) is 7.02. The molecule has 2 aromatic carbocycles. The summed E-state index contributed by atoms with van der Waals surface area (Å²) in [5.41, 5.74) is 4.00. The van der Waals surface area contributed by atoms with Gasteiger partial charge in [-0.15, -0.1) is 0 Å². The highest BCUT2D eigenvalue weighted by Crippen LogP contribution is 2.29. The summed E-state index contributed by atoms with van der Waals surface area (Å²) >= 11 is 0. The Morgan fingerprint density at radius 2 is 1.63 bits per heavy atom. The maximum Gasteiger partial charge on any atom is 0.162 e. The van der Waals surface area contributed by atoms with Crippen LogP contribution in [-0.2, 0) is 0 Å². The lowest BCUT2D eigenvalue weighted by Crippen LogP contribution is -2.12. The molecule has 0 spiro atoms. The van der Waals surface area contributed by atoms with E-state index in [1.165, 1.54) is 0 Å². The number of hydrogen-bond acceptors (Lipinski definition) is 5. The SMILES string of the molecule is CC(Nc1nc(-c2ccncc2)nc2ccccc12)c1ccccc1-n1cccn1. The summed E-state index contributed by atoms with van der Waals surface area (Å²) in [5.74, 6) is 1.47. The molecule has 0 saturated carbocycles. The van der Waals surface area contributed by atoms with Gasteiger partial charge in [0, 0.05) is 35.7 Å². The molecule has 146 valence electrons. The Hall–Kier alpha value is -4.06. The molecule has 1 N–H and O–H groups in total. The zero-order chi connectivity index (χ0) is 20.3. The highest BCUT2D eigenvalue weighted by molar-refractivity contribution is 5.90. The average molecular weight is 392 g/mol. The van der Waals surface area contributed by atoms with Crippen LogP contribution in [0.5, 0.6) is 0 Å². The van der Waals surface area contributed by atoms with E-state index in [0.29, 0.717) is 5.82 Å². The molecule has 0 radical (unpaired) electrons. The van der Waals surface area contributed by atoms with E-state index in [9.17, 15) is 0 Å². The summed E-state index contributed by atoms with van der Waals surface area (Å²) in [5, 5.41) is 8.99. The molecular weight excluding hydrogens is 372 g/mol. The van der Waals surface area contributed by atoms with Crippen LogP contribution >= 0.6 is 0 Å². The topological polar surface area (TPSA) is 68.5 Å². The Morgan fingerprint density at radius 3 is 2.47 bits per heavy atom. The fourth-order valence-electron chi connectivity index (χ4n) is 3.57. The van der Waals surface area contributed by atoms with E-state index in [2.05, 4.69) is 34.5 Å². The van der Waals surface area contributed by atoms with Crippen LogP contribution in [0.25, 0.3) is 28.0 Å². The summed E-state index contributed by atoms with van der Waals surface area (Å²) in [7, 11) is 0. The van der Waals surface area contributed by atoms with Crippen LogP contribution in [0.1, 0.15) is 18.5 Å². The minimum Gasteiger partial charge on any atom is -0.363 e. The Morgan fingerprint density at radius 1 is 0.833 bits per heavy atom. The number of aromatic nitrogens is 5. The Kier molecular flexibility index (Phi) is 4.65. The second kappa shape index (κ2) is 7.75. The van der Waals surface area contributed by atoms with E-state index < -0.39 is 0 Å². The maximum atomic E-state index is 4.86. The normalized spacial score (nSPS) is 12.0. The molecule has 0 amide bonds. The molecule has 6 nitrogen and oxygen atoms in total. The van der Waals surface area contributed by atoms with E-state index in [1.54, 1.807) is 18.6 Å². The second-order valence-corrected chi connectivity index (χ2v) is 7.02. The molecular formula is C24H20N6. The van der Waals surface area contributed by atoms with Gasteiger partial charge in [0.15, 0.2) is 5.82 Å². The van der Waals surface area contributed by atoms with Gasteiger partial charge in [0.05, 0.1) is 17.2 Å². The van der Waals surface area contributed by atoms with Crippen LogP contribution < -0.4 is 5.32 Å². The van der Waals surface area contributed by atoms with Gasteiger partial charge < -0.3 is 5.32 Å². The number of nitrogens with zero attached hydrogens (tertiary/aromatic N) is 5.